The van der Waals surface area contributed by atoms with Crippen LogP contribution in [0.4, 0.5) is 5.69 Å². The molecule has 1 fully saturated rings. The lowest BCUT2D eigenvalue weighted by Crippen LogP contribution is -2.42. The van der Waals surface area contributed by atoms with Crippen LogP contribution in [0.25, 0.3) is 0 Å². The average molecular weight is 406 g/mol. The molecule has 0 unspecified atom stereocenters. The fourth-order valence-corrected chi connectivity index (χ4v) is 4.27. The number of aromatic nitrogens is 1. The van der Waals surface area contributed by atoms with Crippen molar-refractivity contribution < 1.29 is 4.79 Å². The van der Waals surface area contributed by atoms with Gasteiger partial charge < -0.3 is 20.1 Å². The molecule has 3 rings (SSSR count). The third kappa shape index (κ3) is 4.78. The quantitative estimate of drug-likeness (QED) is 0.740. The Morgan fingerprint density at radius 2 is 1.90 bits per heavy atom. The third-order valence-electron chi connectivity index (χ3n) is 6.18. The third-order valence-corrected chi connectivity index (χ3v) is 6.18. The van der Waals surface area contributed by atoms with Gasteiger partial charge in [-0.2, -0.15) is 0 Å². The van der Waals surface area contributed by atoms with Gasteiger partial charge >= 0.3 is 0 Å². The highest BCUT2D eigenvalue weighted by Crippen LogP contribution is 2.26. The number of nitrogens with zero attached hydrogens (tertiary/aromatic N) is 2. The number of benzene rings is 1. The molecule has 1 saturated heterocycles. The van der Waals surface area contributed by atoms with Gasteiger partial charge in [0, 0.05) is 42.1 Å². The van der Waals surface area contributed by atoms with Gasteiger partial charge in [-0.3, -0.25) is 9.59 Å². The van der Waals surface area contributed by atoms with Gasteiger partial charge in [-0.1, -0.05) is 11.5 Å². The number of anilines is 1. The van der Waals surface area contributed by atoms with E-state index in [1.165, 1.54) is 0 Å². The molecule has 7 heteroatoms. The Bertz CT molecular complexity index is 993. The smallest absolute Gasteiger partial charge is 0.253 e. The summed E-state index contributed by atoms with van der Waals surface area (Å²) in [4.78, 5) is 32.6. The zero-order valence-electron chi connectivity index (χ0n) is 18.6. The van der Waals surface area contributed by atoms with E-state index in [1.54, 1.807) is 6.07 Å². The van der Waals surface area contributed by atoms with Gasteiger partial charge in [-0.25, -0.2) is 0 Å². The molecule has 0 atom stereocenters. The fraction of sp³-hybridized carbons (Fsp3) is 0.478. The van der Waals surface area contributed by atoms with Gasteiger partial charge in [0.25, 0.3) is 11.5 Å². The standard InChI is InChI=1S/C23H31BN4O2/c1-14-10-15(2)26-23(30)20(14)13-25-22(29)19-11-17(24)12-21(16(19)3)28(5)18-6-8-27(4)9-7-18/h10-12,18H,6-9,13H2,1-5H3,(H,25,29)(H,26,30). The minimum Gasteiger partial charge on any atom is -0.371 e. The second-order valence-corrected chi connectivity index (χ2v) is 8.48. The summed E-state index contributed by atoms with van der Waals surface area (Å²) in [5, 5.41) is 2.90. The van der Waals surface area contributed by atoms with Crippen LogP contribution in [0.15, 0.2) is 23.0 Å². The summed E-state index contributed by atoms with van der Waals surface area (Å²) in [5.41, 5.74) is 5.07. The molecule has 1 aromatic heterocycles. The van der Waals surface area contributed by atoms with E-state index in [0.29, 0.717) is 22.6 Å². The summed E-state index contributed by atoms with van der Waals surface area (Å²) in [7, 11) is 10.4. The van der Waals surface area contributed by atoms with Crippen molar-refractivity contribution in [3.05, 3.63) is 56.5 Å². The molecular weight excluding hydrogens is 375 g/mol. The number of pyridine rings is 1. The number of hydrogen-bond donors (Lipinski definition) is 2. The first-order chi connectivity index (χ1) is 14.2. The highest BCUT2D eigenvalue weighted by molar-refractivity contribution is 6.33. The lowest BCUT2D eigenvalue weighted by atomic mass is 9.89. The largest absolute Gasteiger partial charge is 0.371 e. The summed E-state index contributed by atoms with van der Waals surface area (Å²) in [6, 6.07) is 5.98. The number of amides is 1. The number of carbonyl (C=O) groups is 1. The van der Waals surface area contributed by atoms with Crippen LogP contribution in [0.2, 0.25) is 0 Å². The highest BCUT2D eigenvalue weighted by atomic mass is 16.1. The molecule has 2 radical (unpaired) electrons. The maximum absolute atomic E-state index is 13.0. The van der Waals surface area contributed by atoms with E-state index in [2.05, 4.69) is 34.2 Å². The molecule has 30 heavy (non-hydrogen) atoms. The first-order valence-electron chi connectivity index (χ1n) is 10.5. The Hall–Kier alpha value is -2.54. The van der Waals surface area contributed by atoms with E-state index in [4.69, 9.17) is 7.85 Å². The molecule has 0 spiro atoms. The summed E-state index contributed by atoms with van der Waals surface area (Å²) < 4.78 is 0. The number of aryl methyl sites for hydroxylation is 2. The van der Waals surface area contributed by atoms with Gasteiger partial charge in [0.05, 0.1) is 0 Å². The molecule has 1 amide bonds. The molecule has 2 aromatic rings. The second-order valence-electron chi connectivity index (χ2n) is 8.48. The SMILES string of the molecule is [B]c1cc(C(=O)NCc2c(C)cc(C)[nH]c2=O)c(C)c(N(C)C2CCN(C)CC2)c1. The number of H-pyrrole nitrogens is 1. The number of nitrogens with one attached hydrogen (secondary N) is 2. The van der Waals surface area contributed by atoms with E-state index in [-0.39, 0.29) is 18.0 Å². The lowest BCUT2D eigenvalue weighted by molar-refractivity contribution is 0.0950. The van der Waals surface area contributed by atoms with E-state index in [9.17, 15) is 9.59 Å². The number of hydrogen-bond acceptors (Lipinski definition) is 4. The number of carbonyl (C=O) groups excluding carboxylic acids is 1. The molecule has 6 nitrogen and oxygen atoms in total. The zero-order valence-corrected chi connectivity index (χ0v) is 18.6. The van der Waals surface area contributed by atoms with Gasteiger partial charge in [0.1, 0.15) is 7.85 Å². The Morgan fingerprint density at radius 1 is 1.23 bits per heavy atom. The number of rotatable bonds is 5. The molecule has 0 aliphatic carbocycles. The zero-order chi connectivity index (χ0) is 22.0. The van der Waals surface area contributed by atoms with Crippen molar-refractivity contribution in [3.63, 3.8) is 0 Å². The molecule has 158 valence electrons. The maximum Gasteiger partial charge on any atom is 0.253 e. The Labute approximate surface area is 180 Å². The van der Waals surface area contributed by atoms with Crippen LogP contribution in [0.5, 0.6) is 0 Å². The van der Waals surface area contributed by atoms with Crippen molar-refractivity contribution in [1.29, 1.82) is 0 Å². The Kier molecular flexibility index (Phi) is 6.71. The monoisotopic (exact) mass is 406 g/mol. The van der Waals surface area contributed by atoms with Gasteiger partial charge in [0.15, 0.2) is 0 Å². The average Bonchev–Trinajstić information content (AvgIpc) is 2.68. The van der Waals surface area contributed by atoms with Crippen LogP contribution in [0, 0.1) is 20.8 Å². The van der Waals surface area contributed by atoms with Crippen molar-refractivity contribution in [2.45, 2.75) is 46.2 Å². The maximum atomic E-state index is 13.0. The van der Waals surface area contributed by atoms with E-state index in [1.807, 2.05) is 32.9 Å². The van der Waals surface area contributed by atoms with Gasteiger partial charge in [-0.15, -0.1) is 0 Å². The van der Waals surface area contributed by atoms with Crippen LogP contribution in [0.3, 0.4) is 0 Å². The molecule has 2 N–H and O–H groups in total. The van der Waals surface area contributed by atoms with Crippen LogP contribution in [-0.2, 0) is 6.54 Å². The highest BCUT2D eigenvalue weighted by Gasteiger charge is 2.23. The van der Waals surface area contributed by atoms with Gasteiger partial charge in [0.2, 0.25) is 0 Å². The molecular formula is C23H31BN4O2. The minimum absolute atomic E-state index is 0.167. The predicted molar refractivity (Wildman–Crippen MR) is 123 cm³/mol. The second kappa shape index (κ2) is 9.08. The fourth-order valence-electron chi connectivity index (χ4n) is 4.27. The predicted octanol–water partition coefficient (Wildman–Crippen LogP) is 1.55. The molecule has 0 saturated carbocycles. The van der Waals surface area contributed by atoms with Crippen molar-refractivity contribution >= 4 is 24.9 Å². The minimum atomic E-state index is -0.225. The molecule has 1 aromatic carbocycles. The van der Waals surface area contributed by atoms with E-state index < -0.39 is 0 Å². The number of likely N-dealkylation sites (tertiary alicyclic amines) is 1. The van der Waals surface area contributed by atoms with E-state index >= 15 is 0 Å². The van der Waals surface area contributed by atoms with Crippen LogP contribution in [-0.4, -0.2) is 56.9 Å². The Morgan fingerprint density at radius 3 is 2.53 bits per heavy atom. The lowest BCUT2D eigenvalue weighted by Gasteiger charge is -2.37. The molecule has 1 aliphatic heterocycles. The van der Waals surface area contributed by atoms with Crippen LogP contribution >= 0.6 is 0 Å². The normalized spacial score (nSPS) is 15.2. The molecule has 2 heterocycles. The first-order valence-corrected chi connectivity index (χ1v) is 10.5. The number of aromatic amines is 1. The summed E-state index contributed by atoms with van der Waals surface area (Å²) >= 11 is 0. The molecule has 0 bridgehead atoms. The summed E-state index contributed by atoms with van der Waals surface area (Å²) in [6.07, 6.45) is 2.16. The van der Waals surface area contributed by atoms with E-state index in [0.717, 1.165) is 48.4 Å². The topological polar surface area (TPSA) is 68.4 Å². The van der Waals surface area contributed by atoms with Crippen LogP contribution < -0.4 is 21.2 Å². The van der Waals surface area contributed by atoms with Crippen molar-refractivity contribution in [2.75, 3.05) is 32.1 Å². The van der Waals surface area contributed by atoms with Crippen molar-refractivity contribution in [2.24, 2.45) is 0 Å². The first kappa shape index (κ1) is 22.2. The van der Waals surface area contributed by atoms with Crippen molar-refractivity contribution in [3.8, 4) is 0 Å². The van der Waals surface area contributed by atoms with Crippen molar-refractivity contribution in [1.82, 2.24) is 15.2 Å². The molecule has 1 aliphatic rings. The summed E-state index contributed by atoms with van der Waals surface area (Å²) in [5.74, 6) is -0.225. The van der Waals surface area contributed by atoms with Gasteiger partial charge in [-0.05, 0) is 77.0 Å². The Balaban J connectivity index is 1.81. The number of piperidine rings is 1. The summed E-state index contributed by atoms with van der Waals surface area (Å²) in [6.45, 7) is 7.98. The van der Waals surface area contributed by atoms with Crippen LogP contribution in [0.1, 0.15) is 45.6 Å².